The number of hydrogen-bond acceptors (Lipinski definition) is 6. The van der Waals surface area contributed by atoms with Crippen molar-refractivity contribution in [3.63, 3.8) is 0 Å². The summed E-state index contributed by atoms with van der Waals surface area (Å²) in [6, 6.07) is 16.3. The van der Waals surface area contributed by atoms with Gasteiger partial charge in [0.1, 0.15) is 11.3 Å². The second-order valence-corrected chi connectivity index (χ2v) is 6.47. The van der Waals surface area contributed by atoms with Gasteiger partial charge in [-0.1, -0.05) is 36.4 Å². The largest absolute Gasteiger partial charge is 0.496 e. The predicted molar refractivity (Wildman–Crippen MR) is 114 cm³/mol. The Balaban J connectivity index is 1.77. The van der Waals surface area contributed by atoms with Gasteiger partial charge in [-0.25, -0.2) is 4.79 Å². The number of anilines is 1. The zero-order chi connectivity index (χ0) is 21.7. The van der Waals surface area contributed by atoms with E-state index in [2.05, 4.69) is 5.32 Å². The lowest BCUT2D eigenvalue weighted by Gasteiger charge is -2.17. The molecule has 1 N–H and O–H groups in total. The van der Waals surface area contributed by atoms with Gasteiger partial charge in [0.15, 0.2) is 17.6 Å². The maximum Gasteiger partial charge on any atom is 0.342 e. The fourth-order valence-corrected chi connectivity index (χ4v) is 3.04. The highest BCUT2D eigenvalue weighted by molar-refractivity contribution is 6.04. The van der Waals surface area contributed by atoms with E-state index >= 15 is 0 Å². The third kappa shape index (κ3) is 4.30. The first-order valence-corrected chi connectivity index (χ1v) is 9.28. The molecule has 3 aromatic carbocycles. The Morgan fingerprint density at radius 2 is 1.47 bits per heavy atom. The number of amides is 1. The van der Waals surface area contributed by atoms with Gasteiger partial charge in [0.2, 0.25) is 0 Å². The molecule has 0 radical (unpaired) electrons. The van der Waals surface area contributed by atoms with Gasteiger partial charge in [-0.05, 0) is 18.4 Å². The average molecular weight is 409 g/mol. The van der Waals surface area contributed by atoms with E-state index in [4.69, 9.17) is 18.9 Å². The van der Waals surface area contributed by atoms with Gasteiger partial charge in [-0.3, -0.25) is 4.79 Å². The molecule has 30 heavy (non-hydrogen) atoms. The number of carbonyl (C=O) groups excluding carboxylic acids is 2. The molecule has 7 nitrogen and oxygen atoms in total. The van der Waals surface area contributed by atoms with Crippen LogP contribution in [0.5, 0.6) is 17.2 Å². The Kier molecular flexibility index (Phi) is 6.41. The fourth-order valence-electron chi connectivity index (χ4n) is 3.04. The molecule has 0 saturated carbocycles. The lowest BCUT2D eigenvalue weighted by atomic mass is 10.1. The van der Waals surface area contributed by atoms with Crippen LogP contribution in [0.3, 0.4) is 0 Å². The molecule has 0 fully saturated rings. The summed E-state index contributed by atoms with van der Waals surface area (Å²) in [7, 11) is 4.36. The van der Waals surface area contributed by atoms with E-state index in [9.17, 15) is 9.59 Å². The molecule has 3 aromatic rings. The quantitative estimate of drug-likeness (QED) is 0.593. The van der Waals surface area contributed by atoms with Gasteiger partial charge in [-0.2, -0.15) is 0 Å². The SMILES string of the molecule is COc1cc(OC)c(C(=O)O[C@H](C)C(=O)Nc2cccc3ccccc23)cc1OC. The first-order valence-electron chi connectivity index (χ1n) is 9.28. The van der Waals surface area contributed by atoms with Gasteiger partial charge < -0.3 is 24.3 Å². The molecule has 3 rings (SSSR count). The van der Waals surface area contributed by atoms with Crippen LogP contribution in [0.4, 0.5) is 5.69 Å². The summed E-state index contributed by atoms with van der Waals surface area (Å²) >= 11 is 0. The molecule has 0 aliphatic heterocycles. The third-order valence-corrected chi connectivity index (χ3v) is 4.63. The van der Waals surface area contributed by atoms with Crippen LogP contribution < -0.4 is 19.5 Å². The standard InChI is InChI=1S/C23H23NO6/c1-14(22(25)24-18-11-7-9-15-8-5-6-10-16(15)18)30-23(26)17-12-20(28-3)21(29-4)13-19(17)27-2/h5-14H,1-4H3,(H,24,25)/t14-/m1/s1. The molecule has 1 amide bonds. The Morgan fingerprint density at radius 1 is 0.833 bits per heavy atom. The number of benzene rings is 3. The van der Waals surface area contributed by atoms with Crippen molar-refractivity contribution in [3.05, 3.63) is 60.2 Å². The molecule has 0 spiro atoms. The van der Waals surface area contributed by atoms with E-state index in [1.54, 1.807) is 6.07 Å². The monoisotopic (exact) mass is 409 g/mol. The molecular weight excluding hydrogens is 386 g/mol. The summed E-state index contributed by atoms with van der Waals surface area (Å²) in [4.78, 5) is 25.3. The normalized spacial score (nSPS) is 11.5. The molecule has 0 heterocycles. The van der Waals surface area contributed by atoms with Crippen molar-refractivity contribution in [2.24, 2.45) is 0 Å². The molecule has 156 valence electrons. The van der Waals surface area contributed by atoms with E-state index in [-0.39, 0.29) is 11.3 Å². The van der Waals surface area contributed by atoms with Gasteiger partial charge in [-0.15, -0.1) is 0 Å². The van der Waals surface area contributed by atoms with Crippen LogP contribution in [0, 0.1) is 0 Å². The van der Waals surface area contributed by atoms with Crippen LogP contribution in [0.25, 0.3) is 10.8 Å². The molecule has 0 unspecified atom stereocenters. The van der Waals surface area contributed by atoms with Crippen LogP contribution in [-0.2, 0) is 9.53 Å². The van der Waals surface area contributed by atoms with Gasteiger partial charge in [0.25, 0.3) is 5.91 Å². The number of hydrogen-bond donors (Lipinski definition) is 1. The first kappa shape index (κ1) is 21.0. The molecule has 0 aliphatic carbocycles. The van der Waals surface area contributed by atoms with E-state index in [0.29, 0.717) is 17.2 Å². The van der Waals surface area contributed by atoms with E-state index in [1.807, 2.05) is 36.4 Å². The Labute approximate surface area is 174 Å². The van der Waals surface area contributed by atoms with Crippen LogP contribution >= 0.6 is 0 Å². The van der Waals surface area contributed by atoms with Crippen molar-refractivity contribution in [3.8, 4) is 17.2 Å². The van der Waals surface area contributed by atoms with Crippen LogP contribution in [0.15, 0.2) is 54.6 Å². The highest BCUT2D eigenvalue weighted by Gasteiger charge is 2.24. The minimum absolute atomic E-state index is 0.125. The van der Waals surface area contributed by atoms with E-state index in [1.165, 1.54) is 40.4 Å². The van der Waals surface area contributed by atoms with Crippen LogP contribution in [0.2, 0.25) is 0 Å². The zero-order valence-corrected chi connectivity index (χ0v) is 17.2. The van der Waals surface area contributed by atoms with E-state index in [0.717, 1.165) is 10.8 Å². The molecule has 1 atom stereocenters. The topological polar surface area (TPSA) is 83.1 Å². The smallest absolute Gasteiger partial charge is 0.342 e. The predicted octanol–water partition coefficient (Wildman–Crippen LogP) is 4.05. The summed E-state index contributed by atoms with van der Waals surface area (Å²) in [6.45, 7) is 1.51. The van der Waals surface area contributed by atoms with Crippen LogP contribution in [0.1, 0.15) is 17.3 Å². The second-order valence-electron chi connectivity index (χ2n) is 6.47. The number of carbonyl (C=O) groups is 2. The number of rotatable bonds is 7. The zero-order valence-electron chi connectivity index (χ0n) is 17.2. The average Bonchev–Trinajstić information content (AvgIpc) is 2.78. The molecule has 0 saturated heterocycles. The van der Waals surface area contributed by atoms with E-state index < -0.39 is 18.0 Å². The Bertz CT molecular complexity index is 1070. The van der Waals surface area contributed by atoms with Crippen molar-refractivity contribution in [2.75, 3.05) is 26.6 Å². The summed E-state index contributed by atoms with van der Waals surface area (Å²) in [6.07, 6.45) is -1.03. The van der Waals surface area contributed by atoms with Crippen molar-refractivity contribution in [2.45, 2.75) is 13.0 Å². The summed E-state index contributed by atoms with van der Waals surface area (Å²) in [5.74, 6) is -0.155. The van der Waals surface area contributed by atoms with Gasteiger partial charge in [0.05, 0.1) is 21.3 Å². The number of nitrogens with one attached hydrogen (secondary N) is 1. The Hall–Kier alpha value is -3.74. The maximum atomic E-state index is 12.7. The third-order valence-electron chi connectivity index (χ3n) is 4.63. The first-order chi connectivity index (χ1) is 14.5. The van der Waals surface area contributed by atoms with Gasteiger partial charge >= 0.3 is 5.97 Å². The lowest BCUT2D eigenvalue weighted by Crippen LogP contribution is -2.30. The van der Waals surface area contributed by atoms with Crippen molar-refractivity contribution >= 4 is 28.3 Å². The number of ether oxygens (including phenoxy) is 4. The van der Waals surface area contributed by atoms with Crippen molar-refractivity contribution in [1.82, 2.24) is 0 Å². The molecule has 7 heteroatoms. The minimum Gasteiger partial charge on any atom is -0.496 e. The van der Waals surface area contributed by atoms with Crippen molar-refractivity contribution < 1.29 is 28.5 Å². The molecule has 0 bridgehead atoms. The lowest BCUT2D eigenvalue weighted by molar-refractivity contribution is -0.123. The summed E-state index contributed by atoms with van der Waals surface area (Å²) < 4.78 is 21.1. The highest BCUT2D eigenvalue weighted by Crippen LogP contribution is 2.35. The molecular formula is C23H23NO6. The van der Waals surface area contributed by atoms with Crippen molar-refractivity contribution in [1.29, 1.82) is 0 Å². The summed E-state index contributed by atoms with van der Waals surface area (Å²) in [5, 5.41) is 4.71. The molecule has 0 aromatic heterocycles. The number of fused-ring (bicyclic) bond motifs is 1. The minimum atomic E-state index is -1.03. The second kappa shape index (κ2) is 9.17. The molecule has 0 aliphatic rings. The number of esters is 1. The Morgan fingerprint density at radius 3 is 2.17 bits per heavy atom. The maximum absolute atomic E-state index is 12.7. The number of methoxy groups -OCH3 is 3. The van der Waals surface area contributed by atoms with Crippen LogP contribution in [-0.4, -0.2) is 39.3 Å². The summed E-state index contributed by atoms with van der Waals surface area (Å²) in [5.41, 5.74) is 0.768. The highest BCUT2D eigenvalue weighted by atomic mass is 16.6. The van der Waals surface area contributed by atoms with Gasteiger partial charge in [0, 0.05) is 23.2 Å². The fraction of sp³-hybridized carbons (Fsp3) is 0.217.